The molecule has 0 aliphatic carbocycles. The van der Waals surface area contributed by atoms with E-state index < -0.39 is 5.97 Å². The number of anilines is 1. The maximum Gasteiger partial charge on any atom is 0.336 e. The second-order valence-electron chi connectivity index (χ2n) is 3.84. The van der Waals surface area contributed by atoms with Crippen molar-refractivity contribution in [2.45, 2.75) is 4.90 Å². The standard InChI is InChI=1S/C11H15ClN2O2S/c1-14(2)3-4-17-10-8(11(15)16)5-7(13)6-9(10)12/h5-6H,3-4,13H2,1-2H3,(H,15,16). The van der Waals surface area contributed by atoms with Gasteiger partial charge in [0.25, 0.3) is 0 Å². The molecule has 94 valence electrons. The van der Waals surface area contributed by atoms with Crippen LogP contribution in [0, 0.1) is 0 Å². The Bertz CT molecular complexity index is 424. The summed E-state index contributed by atoms with van der Waals surface area (Å²) in [6.07, 6.45) is 0. The Balaban J connectivity index is 2.92. The largest absolute Gasteiger partial charge is 0.478 e. The van der Waals surface area contributed by atoms with Crippen LogP contribution in [-0.2, 0) is 0 Å². The fraction of sp³-hybridized carbons (Fsp3) is 0.364. The average molecular weight is 275 g/mol. The van der Waals surface area contributed by atoms with E-state index in [0.717, 1.165) is 12.3 Å². The zero-order valence-electron chi connectivity index (χ0n) is 9.74. The van der Waals surface area contributed by atoms with Gasteiger partial charge in [-0.05, 0) is 26.2 Å². The molecule has 1 aromatic rings. The van der Waals surface area contributed by atoms with E-state index >= 15 is 0 Å². The fourth-order valence-electron chi connectivity index (χ4n) is 1.25. The lowest BCUT2D eigenvalue weighted by Gasteiger charge is -2.12. The molecule has 0 bridgehead atoms. The highest BCUT2D eigenvalue weighted by Gasteiger charge is 2.15. The highest BCUT2D eigenvalue weighted by Crippen LogP contribution is 2.33. The first-order chi connectivity index (χ1) is 7.91. The van der Waals surface area contributed by atoms with Crippen molar-refractivity contribution in [1.29, 1.82) is 0 Å². The van der Waals surface area contributed by atoms with Gasteiger partial charge in [-0.25, -0.2) is 4.79 Å². The summed E-state index contributed by atoms with van der Waals surface area (Å²) in [5, 5.41) is 9.48. The quantitative estimate of drug-likeness (QED) is 0.637. The Hall–Kier alpha value is -0.910. The predicted molar refractivity (Wildman–Crippen MR) is 72.1 cm³/mol. The van der Waals surface area contributed by atoms with Crippen LogP contribution in [0.2, 0.25) is 5.02 Å². The minimum atomic E-state index is -1.01. The molecule has 0 amide bonds. The molecule has 17 heavy (non-hydrogen) atoms. The molecule has 0 unspecified atom stereocenters. The number of carbonyl (C=O) groups is 1. The van der Waals surface area contributed by atoms with Gasteiger partial charge in [-0.1, -0.05) is 11.6 Å². The zero-order valence-corrected chi connectivity index (χ0v) is 11.3. The van der Waals surface area contributed by atoms with Crippen LogP contribution in [-0.4, -0.2) is 42.4 Å². The number of nitrogens with zero attached hydrogens (tertiary/aromatic N) is 1. The van der Waals surface area contributed by atoms with Gasteiger partial charge in [0, 0.05) is 22.9 Å². The lowest BCUT2D eigenvalue weighted by molar-refractivity contribution is 0.0693. The molecule has 1 aromatic carbocycles. The van der Waals surface area contributed by atoms with Crippen LogP contribution in [0.25, 0.3) is 0 Å². The molecule has 0 radical (unpaired) electrons. The number of halogens is 1. The van der Waals surface area contributed by atoms with Crippen molar-refractivity contribution in [3.8, 4) is 0 Å². The highest BCUT2D eigenvalue weighted by molar-refractivity contribution is 7.99. The maximum atomic E-state index is 11.1. The molecule has 0 aliphatic rings. The minimum absolute atomic E-state index is 0.166. The first-order valence-electron chi connectivity index (χ1n) is 5.01. The van der Waals surface area contributed by atoms with Crippen molar-refractivity contribution < 1.29 is 9.90 Å². The smallest absolute Gasteiger partial charge is 0.336 e. The Labute approximate surface area is 110 Å². The van der Waals surface area contributed by atoms with Gasteiger partial charge in [0.2, 0.25) is 0 Å². The van der Waals surface area contributed by atoms with Gasteiger partial charge in [0.1, 0.15) is 0 Å². The van der Waals surface area contributed by atoms with Gasteiger partial charge >= 0.3 is 5.97 Å². The first kappa shape index (κ1) is 14.2. The number of hydrogen-bond acceptors (Lipinski definition) is 4. The molecule has 0 aliphatic heterocycles. The molecule has 4 nitrogen and oxygen atoms in total. The molecule has 1 rings (SSSR count). The summed E-state index contributed by atoms with van der Waals surface area (Å²) in [4.78, 5) is 13.7. The van der Waals surface area contributed by atoms with Crippen molar-refractivity contribution in [2.75, 3.05) is 32.1 Å². The van der Waals surface area contributed by atoms with Crippen LogP contribution in [0.15, 0.2) is 17.0 Å². The third-order valence-electron chi connectivity index (χ3n) is 2.08. The Kier molecular flexibility index (Phi) is 5.11. The minimum Gasteiger partial charge on any atom is -0.478 e. The summed E-state index contributed by atoms with van der Waals surface area (Å²) in [6, 6.07) is 3.01. The number of hydrogen-bond donors (Lipinski definition) is 2. The number of rotatable bonds is 5. The monoisotopic (exact) mass is 274 g/mol. The van der Waals surface area contributed by atoms with Crippen molar-refractivity contribution >= 4 is 35.0 Å². The van der Waals surface area contributed by atoms with Crippen molar-refractivity contribution in [3.05, 3.63) is 22.7 Å². The van der Waals surface area contributed by atoms with Crippen molar-refractivity contribution in [1.82, 2.24) is 4.90 Å². The SMILES string of the molecule is CN(C)CCSc1c(Cl)cc(N)cc1C(=O)O. The van der Waals surface area contributed by atoms with Crippen LogP contribution < -0.4 is 5.73 Å². The van der Waals surface area contributed by atoms with Crippen LogP contribution in [0.4, 0.5) is 5.69 Å². The topological polar surface area (TPSA) is 66.6 Å². The van der Waals surface area contributed by atoms with Crippen LogP contribution in [0.1, 0.15) is 10.4 Å². The van der Waals surface area contributed by atoms with E-state index in [1.165, 1.54) is 17.8 Å². The van der Waals surface area contributed by atoms with Gasteiger partial charge < -0.3 is 15.7 Å². The summed E-state index contributed by atoms with van der Waals surface area (Å²) in [5.74, 6) is -0.233. The number of benzene rings is 1. The molecular weight excluding hydrogens is 260 g/mol. The average Bonchev–Trinajstić information content (AvgIpc) is 2.19. The summed E-state index contributed by atoms with van der Waals surface area (Å²) in [5.41, 5.74) is 6.11. The Morgan fingerprint density at radius 1 is 1.53 bits per heavy atom. The van der Waals surface area contributed by atoms with E-state index in [1.54, 1.807) is 6.07 Å². The predicted octanol–water partition coefficient (Wildman–Crippen LogP) is 2.27. The van der Waals surface area contributed by atoms with Gasteiger partial charge in [-0.3, -0.25) is 0 Å². The molecule has 0 atom stereocenters. The maximum absolute atomic E-state index is 11.1. The second-order valence-corrected chi connectivity index (χ2v) is 5.35. The molecule has 6 heteroatoms. The van der Waals surface area contributed by atoms with Crippen molar-refractivity contribution in [2.24, 2.45) is 0 Å². The molecule has 0 spiro atoms. The molecule has 0 saturated heterocycles. The summed E-state index contributed by atoms with van der Waals surface area (Å²) < 4.78 is 0. The number of carboxylic acids is 1. The van der Waals surface area contributed by atoms with Gasteiger partial charge in [0.05, 0.1) is 10.6 Å². The molecule has 0 fully saturated rings. The number of thioether (sulfide) groups is 1. The fourth-order valence-corrected chi connectivity index (χ4v) is 2.80. The number of carboxylic acid groups (broad SMARTS) is 1. The summed E-state index contributed by atoms with van der Waals surface area (Å²) >= 11 is 7.45. The highest BCUT2D eigenvalue weighted by atomic mass is 35.5. The van der Waals surface area contributed by atoms with Crippen LogP contribution in [0.5, 0.6) is 0 Å². The van der Waals surface area contributed by atoms with E-state index in [4.69, 9.17) is 22.4 Å². The summed E-state index contributed by atoms with van der Waals surface area (Å²) in [7, 11) is 3.92. The number of nitrogens with two attached hydrogens (primary N) is 1. The molecule has 0 heterocycles. The molecule has 0 saturated carbocycles. The second kappa shape index (κ2) is 6.14. The van der Waals surface area contributed by atoms with Gasteiger partial charge in [-0.15, -0.1) is 11.8 Å². The third kappa shape index (κ3) is 4.11. The van der Waals surface area contributed by atoms with E-state index in [9.17, 15) is 4.79 Å². The normalized spacial score (nSPS) is 10.8. The van der Waals surface area contributed by atoms with Gasteiger partial charge in [0.15, 0.2) is 0 Å². The zero-order chi connectivity index (χ0) is 13.0. The lowest BCUT2D eigenvalue weighted by Crippen LogP contribution is -2.15. The molecule has 0 aromatic heterocycles. The number of aromatic carboxylic acids is 1. The van der Waals surface area contributed by atoms with Gasteiger partial charge in [-0.2, -0.15) is 0 Å². The van der Waals surface area contributed by atoms with Crippen LogP contribution in [0.3, 0.4) is 0 Å². The lowest BCUT2D eigenvalue weighted by atomic mass is 10.2. The number of nitrogen functional groups attached to an aromatic ring is 1. The van der Waals surface area contributed by atoms with E-state index in [2.05, 4.69) is 0 Å². The Morgan fingerprint density at radius 3 is 2.71 bits per heavy atom. The Morgan fingerprint density at radius 2 is 2.18 bits per heavy atom. The first-order valence-corrected chi connectivity index (χ1v) is 6.38. The molecular formula is C11H15ClN2O2S. The van der Waals surface area contributed by atoms with E-state index in [1.807, 2.05) is 19.0 Å². The third-order valence-corrected chi connectivity index (χ3v) is 3.61. The van der Waals surface area contributed by atoms with E-state index in [-0.39, 0.29) is 5.56 Å². The van der Waals surface area contributed by atoms with Crippen molar-refractivity contribution in [3.63, 3.8) is 0 Å². The summed E-state index contributed by atoms with van der Waals surface area (Å²) in [6.45, 7) is 0.852. The molecule has 3 N–H and O–H groups in total. The van der Waals surface area contributed by atoms with Crippen LogP contribution >= 0.6 is 23.4 Å². The van der Waals surface area contributed by atoms with E-state index in [0.29, 0.717) is 15.6 Å².